The Morgan fingerprint density at radius 1 is 1.39 bits per heavy atom. The number of rotatable bonds is 7. The number of ether oxygens (including phenoxy) is 1. The molecule has 4 atom stereocenters. The molecule has 0 saturated heterocycles. The van der Waals surface area contributed by atoms with Crippen molar-refractivity contribution in [3.63, 3.8) is 0 Å². The van der Waals surface area contributed by atoms with Gasteiger partial charge in [0.1, 0.15) is 0 Å². The molecule has 0 unspecified atom stereocenters. The number of nitrogens with zero attached hydrogens (tertiary/aromatic N) is 1. The Labute approximate surface area is 177 Å². The summed E-state index contributed by atoms with van der Waals surface area (Å²) in [5.74, 6) is 0.158. The Morgan fingerprint density at radius 3 is 2.96 bits per heavy atom. The molecular formula is C20H21Cl2NO4S. The van der Waals surface area contributed by atoms with E-state index in [1.807, 2.05) is 24.3 Å². The molecule has 2 heterocycles. The predicted octanol–water partition coefficient (Wildman–Crippen LogP) is 5.49. The van der Waals surface area contributed by atoms with Crippen LogP contribution in [0.1, 0.15) is 29.7 Å². The summed E-state index contributed by atoms with van der Waals surface area (Å²) < 4.78 is 4.66. The summed E-state index contributed by atoms with van der Waals surface area (Å²) in [5, 5.41) is 20.0. The Bertz CT molecular complexity index is 841. The number of aryl methyl sites for hydroxylation is 1. The Balaban J connectivity index is 1.57. The number of aliphatic hydroxyl groups is 1. The summed E-state index contributed by atoms with van der Waals surface area (Å²) in [6.45, 7) is 0. The van der Waals surface area contributed by atoms with E-state index in [9.17, 15) is 9.90 Å². The predicted molar refractivity (Wildman–Crippen MR) is 111 cm³/mol. The molecule has 1 fully saturated rings. The molecule has 0 bridgehead atoms. The van der Waals surface area contributed by atoms with E-state index in [0.717, 1.165) is 29.7 Å². The van der Waals surface area contributed by atoms with Crippen LogP contribution in [0.3, 0.4) is 0 Å². The average Bonchev–Trinajstić information content (AvgIpc) is 3.17. The van der Waals surface area contributed by atoms with Crippen molar-refractivity contribution in [3.05, 3.63) is 52.1 Å². The fourth-order valence-electron chi connectivity index (χ4n) is 3.62. The number of alkyl halides is 1. The van der Waals surface area contributed by atoms with Crippen molar-refractivity contribution in [2.45, 2.75) is 37.2 Å². The number of aromatic nitrogens is 1. The van der Waals surface area contributed by atoms with E-state index >= 15 is 0 Å². The molecule has 1 aliphatic rings. The molecule has 2 N–H and O–H groups in total. The molecule has 0 radical (unpaired) electrons. The lowest BCUT2D eigenvalue weighted by Gasteiger charge is -2.20. The fraction of sp³-hybridized carbons (Fsp3) is 0.400. The summed E-state index contributed by atoms with van der Waals surface area (Å²) >= 11 is 13.8. The fourth-order valence-corrected chi connectivity index (χ4v) is 5.17. The second-order valence-corrected chi connectivity index (χ2v) is 8.96. The molecule has 8 heteroatoms. The zero-order valence-electron chi connectivity index (χ0n) is 15.0. The van der Waals surface area contributed by atoms with Gasteiger partial charge in [0.25, 0.3) is 0 Å². The molecule has 0 aromatic carbocycles. The monoisotopic (exact) mass is 441 g/mol. The minimum atomic E-state index is -1.30. The third kappa shape index (κ3) is 5.70. The third-order valence-corrected chi connectivity index (χ3v) is 6.62. The standard InChI is InChI=1S/C20H21Cl2NO4S/c21-13-8-12(10-23-11-13)4-6-16-15(17(22)9-18(16)24)3-1-2-14-5-7-19(28-14)27-20(25)26/h4-8,10-11,15-18,24H,1-3,9H2,(H,25,26)/b6-4+/t15-,16-,17-,18-/m1/s1. The molecule has 0 spiro atoms. The van der Waals surface area contributed by atoms with Crippen LogP contribution in [-0.4, -0.2) is 32.8 Å². The van der Waals surface area contributed by atoms with E-state index < -0.39 is 12.3 Å². The van der Waals surface area contributed by atoms with E-state index in [-0.39, 0.29) is 17.2 Å². The number of thiophene rings is 1. The van der Waals surface area contributed by atoms with Gasteiger partial charge in [0.05, 0.1) is 11.1 Å². The zero-order chi connectivity index (χ0) is 20.1. The van der Waals surface area contributed by atoms with E-state index in [1.54, 1.807) is 18.5 Å². The SMILES string of the molecule is O=C(O)Oc1ccc(CCC[C@@H]2[C@@H](/C=C/c3cncc(Cl)c3)[C@H](O)C[C@H]2Cl)s1. The van der Waals surface area contributed by atoms with Crippen molar-refractivity contribution >= 4 is 46.8 Å². The van der Waals surface area contributed by atoms with Crippen LogP contribution >= 0.6 is 34.5 Å². The number of hydrogen-bond acceptors (Lipinski definition) is 5. The lowest BCUT2D eigenvalue weighted by atomic mass is 9.89. The lowest BCUT2D eigenvalue weighted by molar-refractivity contribution is 0.140. The maximum atomic E-state index is 10.6. The van der Waals surface area contributed by atoms with E-state index in [0.29, 0.717) is 16.5 Å². The maximum absolute atomic E-state index is 10.6. The van der Waals surface area contributed by atoms with Crippen molar-refractivity contribution in [2.75, 3.05) is 0 Å². The molecule has 1 saturated carbocycles. The topological polar surface area (TPSA) is 79.7 Å². The number of carboxylic acid groups (broad SMARTS) is 1. The highest BCUT2D eigenvalue weighted by molar-refractivity contribution is 7.13. The highest BCUT2D eigenvalue weighted by Gasteiger charge is 2.39. The largest absolute Gasteiger partial charge is 0.512 e. The van der Waals surface area contributed by atoms with Gasteiger partial charge >= 0.3 is 6.16 Å². The van der Waals surface area contributed by atoms with E-state index in [4.69, 9.17) is 28.3 Å². The Morgan fingerprint density at radius 2 is 2.21 bits per heavy atom. The van der Waals surface area contributed by atoms with Gasteiger partial charge in [-0.3, -0.25) is 4.98 Å². The van der Waals surface area contributed by atoms with Crippen molar-refractivity contribution in [1.29, 1.82) is 0 Å². The molecule has 150 valence electrons. The van der Waals surface area contributed by atoms with Gasteiger partial charge < -0.3 is 14.9 Å². The van der Waals surface area contributed by atoms with Crippen LogP contribution in [0.15, 0.2) is 36.7 Å². The zero-order valence-corrected chi connectivity index (χ0v) is 17.3. The van der Waals surface area contributed by atoms with Crippen molar-refractivity contribution in [2.24, 2.45) is 11.8 Å². The number of carbonyl (C=O) groups is 1. The van der Waals surface area contributed by atoms with Crippen LogP contribution in [0.25, 0.3) is 6.08 Å². The number of halogens is 2. The van der Waals surface area contributed by atoms with Crippen LogP contribution < -0.4 is 4.74 Å². The van der Waals surface area contributed by atoms with Crippen LogP contribution in [0, 0.1) is 11.8 Å². The summed E-state index contributed by atoms with van der Waals surface area (Å²) in [6.07, 6.45) is 8.65. The van der Waals surface area contributed by atoms with Crippen molar-refractivity contribution < 1.29 is 19.7 Å². The van der Waals surface area contributed by atoms with Crippen LogP contribution in [0.5, 0.6) is 5.06 Å². The Kier molecular flexibility index (Phi) is 7.35. The minimum Gasteiger partial charge on any atom is -0.449 e. The van der Waals surface area contributed by atoms with Crippen molar-refractivity contribution in [1.82, 2.24) is 4.98 Å². The van der Waals surface area contributed by atoms with Gasteiger partial charge in [0, 0.05) is 28.6 Å². The lowest BCUT2D eigenvalue weighted by Crippen LogP contribution is -2.18. The minimum absolute atomic E-state index is 0.0178. The Hall–Kier alpha value is -1.60. The summed E-state index contributed by atoms with van der Waals surface area (Å²) in [4.78, 5) is 15.7. The van der Waals surface area contributed by atoms with Crippen molar-refractivity contribution in [3.8, 4) is 5.06 Å². The number of aliphatic hydroxyl groups excluding tert-OH is 1. The van der Waals surface area contributed by atoms with Gasteiger partial charge in [0.15, 0.2) is 5.06 Å². The first-order valence-corrected chi connectivity index (χ1v) is 10.7. The molecular weight excluding hydrogens is 421 g/mol. The molecule has 3 rings (SSSR count). The third-order valence-electron chi connectivity index (χ3n) is 4.89. The van der Waals surface area contributed by atoms with Gasteiger partial charge in [-0.05, 0) is 55.4 Å². The van der Waals surface area contributed by atoms with Crippen LogP contribution in [-0.2, 0) is 6.42 Å². The highest BCUT2D eigenvalue weighted by Crippen LogP contribution is 2.40. The normalized spacial score (nSPS) is 24.7. The van der Waals surface area contributed by atoms with Gasteiger partial charge in [-0.1, -0.05) is 23.8 Å². The second kappa shape index (κ2) is 9.74. The first-order chi connectivity index (χ1) is 13.4. The molecule has 0 amide bonds. The molecule has 1 aliphatic carbocycles. The van der Waals surface area contributed by atoms with Gasteiger partial charge in [-0.15, -0.1) is 22.9 Å². The van der Waals surface area contributed by atoms with Gasteiger partial charge in [-0.2, -0.15) is 0 Å². The number of hydrogen-bond donors (Lipinski definition) is 2. The van der Waals surface area contributed by atoms with Crippen LogP contribution in [0.4, 0.5) is 4.79 Å². The highest BCUT2D eigenvalue weighted by atomic mass is 35.5. The quantitative estimate of drug-likeness (QED) is 0.438. The average molecular weight is 442 g/mol. The molecule has 2 aromatic heterocycles. The summed E-state index contributed by atoms with van der Waals surface area (Å²) in [6, 6.07) is 5.38. The van der Waals surface area contributed by atoms with E-state index in [1.165, 1.54) is 11.3 Å². The molecule has 2 aromatic rings. The van der Waals surface area contributed by atoms with Gasteiger partial charge in [-0.25, -0.2) is 4.79 Å². The molecule has 28 heavy (non-hydrogen) atoms. The maximum Gasteiger partial charge on any atom is 0.512 e. The van der Waals surface area contributed by atoms with Gasteiger partial charge in [0.2, 0.25) is 0 Å². The number of pyridine rings is 1. The molecule has 0 aliphatic heterocycles. The van der Waals surface area contributed by atoms with Crippen LogP contribution in [0.2, 0.25) is 5.02 Å². The smallest absolute Gasteiger partial charge is 0.449 e. The van der Waals surface area contributed by atoms with E-state index in [2.05, 4.69) is 9.72 Å². The summed E-state index contributed by atoms with van der Waals surface area (Å²) in [7, 11) is 0. The second-order valence-electron chi connectivity index (χ2n) is 6.84. The first kappa shape index (κ1) is 21.1. The molecule has 5 nitrogen and oxygen atoms in total. The first-order valence-electron chi connectivity index (χ1n) is 9.03. The summed E-state index contributed by atoms with van der Waals surface area (Å²) in [5.41, 5.74) is 0.890.